The lowest BCUT2D eigenvalue weighted by molar-refractivity contribution is 0.415. The minimum absolute atomic E-state index is 0.819. The van der Waals surface area contributed by atoms with Gasteiger partial charge in [0.1, 0.15) is 16.0 Å². The summed E-state index contributed by atoms with van der Waals surface area (Å²) in [5.74, 6) is 0.819. The predicted molar refractivity (Wildman–Crippen MR) is 82.3 cm³/mol. The number of benzene rings is 1. The van der Waals surface area contributed by atoms with Gasteiger partial charge in [0, 0.05) is 17.0 Å². The molecule has 3 aromatic heterocycles. The molecule has 0 atom stereocenters. The Kier molecular flexibility index (Phi) is 2.44. The molecule has 0 aliphatic carbocycles. The van der Waals surface area contributed by atoms with Crippen molar-refractivity contribution >= 4 is 43.4 Å². The van der Waals surface area contributed by atoms with Crippen LogP contribution in [0.1, 0.15) is 0 Å². The highest BCUT2D eigenvalue weighted by molar-refractivity contribution is 9.10. The summed E-state index contributed by atoms with van der Waals surface area (Å²) in [5, 5.41) is 2.10. The number of aromatic nitrogens is 3. The van der Waals surface area contributed by atoms with Crippen LogP contribution in [0.3, 0.4) is 0 Å². The fourth-order valence-electron chi connectivity index (χ4n) is 2.58. The van der Waals surface area contributed by atoms with Crippen LogP contribution in [0.4, 0.5) is 0 Å². The maximum absolute atomic E-state index is 5.32. The first-order valence-corrected chi connectivity index (χ1v) is 6.96. The van der Waals surface area contributed by atoms with Crippen molar-refractivity contribution in [2.75, 3.05) is 7.11 Å². The van der Waals surface area contributed by atoms with Crippen molar-refractivity contribution in [3.63, 3.8) is 0 Å². The Hall–Kier alpha value is -2.14. The molecule has 4 rings (SSSR count). The Balaban J connectivity index is 2.36. The van der Waals surface area contributed by atoms with Crippen LogP contribution in [-0.2, 0) is 0 Å². The van der Waals surface area contributed by atoms with E-state index in [0.29, 0.717) is 0 Å². The zero-order chi connectivity index (χ0) is 13.7. The van der Waals surface area contributed by atoms with E-state index in [4.69, 9.17) is 4.74 Å². The van der Waals surface area contributed by atoms with Gasteiger partial charge in [0.2, 0.25) is 0 Å². The van der Waals surface area contributed by atoms with E-state index in [1.807, 2.05) is 36.5 Å². The molecule has 5 heteroatoms. The first-order chi connectivity index (χ1) is 9.79. The van der Waals surface area contributed by atoms with Gasteiger partial charge >= 0.3 is 0 Å². The van der Waals surface area contributed by atoms with E-state index in [1.54, 1.807) is 13.3 Å². The Morgan fingerprint density at radius 1 is 1.15 bits per heavy atom. The highest BCUT2D eigenvalue weighted by atomic mass is 79.9. The van der Waals surface area contributed by atoms with Gasteiger partial charge in [-0.15, -0.1) is 0 Å². The minimum atomic E-state index is 0.819. The van der Waals surface area contributed by atoms with Crippen molar-refractivity contribution in [3.8, 4) is 5.75 Å². The Labute approximate surface area is 123 Å². The lowest BCUT2D eigenvalue weighted by Gasteiger charge is -2.09. The van der Waals surface area contributed by atoms with Gasteiger partial charge in [-0.25, -0.2) is 4.98 Å². The number of hydrogen-bond donors (Lipinski definition) is 0. The van der Waals surface area contributed by atoms with Crippen molar-refractivity contribution < 1.29 is 4.74 Å². The predicted octanol–water partition coefficient (Wildman–Crippen LogP) is 3.81. The third kappa shape index (κ3) is 1.47. The normalized spacial score (nSPS) is 11.5. The van der Waals surface area contributed by atoms with Crippen LogP contribution in [0.5, 0.6) is 5.75 Å². The summed E-state index contributed by atoms with van der Waals surface area (Å²) < 4.78 is 8.31. The molecule has 4 aromatic rings. The average Bonchev–Trinajstić information content (AvgIpc) is 2.89. The maximum Gasteiger partial charge on any atom is 0.146 e. The largest absolute Gasteiger partial charge is 0.497 e. The molecule has 0 aliphatic rings. The number of nitrogens with zero attached hydrogens (tertiary/aromatic N) is 3. The maximum atomic E-state index is 5.32. The topological polar surface area (TPSA) is 39.4 Å². The van der Waals surface area contributed by atoms with Crippen LogP contribution in [0.25, 0.3) is 27.5 Å². The molecule has 20 heavy (non-hydrogen) atoms. The summed E-state index contributed by atoms with van der Waals surface area (Å²) in [6.45, 7) is 0. The van der Waals surface area contributed by atoms with Crippen LogP contribution in [0.2, 0.25) is 0 Å². The Morgan fingerprint density at radius 2 is 2.05 bits per heavy atom. The number of halogens is 1. The number of rotatable bonds is 1. The molecule has 3 heterocycles. The monoisotopic (exact) mass is 327 g/mol. The van der Waals surface area contributed by atoms with Crippen molar-refractivity contribution in [3.05, 3.63) is 47.3 Å². The fourth-order valence-corrected chi connectivity index (χ4v) is 3.04. The third-order valence-corrected chi connectivity index (χ3v) is 4.03. The zero-order valence-electron chi connectivity index (χ0n) is 10.7. The molecule has 0 radical (unpaired) electrons. The number of ether oxygens (including phenoxy) is 1. The highest BCUT2D eigenvalue weighted by Gasteiger charge is 2.13. The van der Waals surface area contributed by atoms with E-state index in [2.05, 4.69) is 30.3 Å². The van der Waals surface area contributed by atoms with Gasteiger partial charge in [-0.2, -0.15) is 0 Å². The first-order valence-electron chi connectivity index (χ1n) is 6.17. The van der Waals surface area contributed by atoms with Crippen LogP contribution < -0.4 is 4.74 Å². The zero-order valence-corrected chi connectivity index (χ0v) is 12.3. The van der Waals surface area contributed by atoms with Gasteiger partial charge < -0.3 is 4.74 Å². The molecular weight excluding hydrogens is 318 g/mol. The lowest BCUT2D eigenvalue weighted by atomic mass is 10.1. The number of methoxy groups -OCH3 is 1. The van der Waals surface area contributed by atoms with Gasteiger partial charge in [-0.3, -0.25) is 9.38 Å². The van der Waals surface area contributed by atoms with Crippen LogP contribution in [-0.4, -0.2) is 21.5 Å². The molecule has 0 N–H and O–H groups in total. The molecule has 4 nitrogen and oxygen atoms in total. The molecule has 0 unspecified atom stereocenters. The van der Waals surface area contributed by atoms with Crippen LogP contribution >= 0.6 is 15.9 Å². The van der Waals surface area contributed by atoms with Gasteiger partial charge in [0.15, 0.2) is 0 Å². The molecule has 0 amide bonds. The summed E-state index contributed by atoms with van der Waals surface area (Å²) in [5.41, 5.74) is 2.87. The first kappa shape index (κ1) is 11.7. The summed E-state index contributed by atoms with van der Waals surface area (Å²) >= 11 is 3.55. The van der Waals surface area contributed by atoms with Crippen molar-refractivity contribution in [1.29, 1.82) is 0 Å². The molecule has 0 fully saturated rings. The van der Waals surface area contributed by atoms with Crippen molar-refractivity contribution in [2.24, 2.45) is 0 Å². The molecule has 98 valence electrons. The second-order valence-electron chi connectivity index (χ2n) is 4.52. The number of imidazole rings is 1. The summed E-state index contributed by atoms with van der Waals surface area (Å²) in [4.78, 5) is 9.03. The molecule has 1 aromatic carbocycles. The molecule has 0 saturated carbocycles. The number of fused-ring (bicyclic) bond motifs is 6. The van der Waals surface area contributed by atoms with E-state index in [1.165, 1.54) is 0 Å². The summed E-state index contributed by atoms with van der Waals surface area (Å²) in [6.07, 6.45) is 3.61. The van der Waals surface area contributed by atoms with Crippen molar-refractivity contribution in [2.45, 2.75) is 0 Å². The standard InChI is InChI=1S/C15H10BrN3O/c1-20-9-4-5-10-11(7-9)14-12(3-2-6-17-14)19-13(16)8-18-15(10)19/h2-8H,1H3. The Morgan fingerprint density at radius 3 is 2.90 bits per heavy atom. The van der Waals surface area contributed by atoms with Gasteiger partial charge in [0.25, 0.3) is 0 Å². The minimum Gasteiger partial charge on any atom is -0.497 e. The van der Waals surface area contributed by atoms with Crippen LogP contribution in [0, 0.1) is 0 Å². The van der Waals surface area contributed by atoms with E-state index >= 15 is 0 Å². The molecule has 0 aliphatic heterocycles. The number of pyridine rings is 2. The van der Waals surface area contributed by atoms with Gasteiger partial charge in [-0.1, -0.05) is 0 Å². The second-order valence-corrected chi connectivity index (χ2v) is 5.34. The third-order valence-electron chi connectivity index (χ3n) is 3.47. The van der Waals surface area contributed by atoms with Gasteiger partial charge in [0.05, 0.1) is 24.3 Å². The fraction of sp³-hybridized carbons (Fsp3) is 0.0667. The van der Waals surface area contributed by atoms with Gasteiger partial charge in [-0.05, 0) is 46.3 Å². The molecular formula is C15H10BrN3O. The highest BCUT2D eigenvalue weighted by Crippen LogP contribution is 2.32. The average molecular weight is 328 g/mol. The van der Waals surface area contributed by atoms with E-state index < -0.39 is 0 Å². The van der Waals surface area contributed by atoms with E-state index in [0.717, 1.165) is 37.8 Å². The molecule has 0 bridgehead atoms. The van der Waals surface area contributed by atoms with E-state index in [-0.39, 0.29) is 0 Å². The van der Waals surface area contributed by atoms with Crippen LogP contribution in [0.15, 0.2) is 47.3 Å². The van der Waals surface area contributed by atoms with E-state index in [9.17, 15) is 0 Å². The van der Waals surface area contributed by atoms with Crippen molar-refractivity contribution in [1.82, 2.24) is 14.4 Å². The molecule has 0 saturated heterocycles. The SMILES string of the molecule is COc1ccc2c(c1)c1ncccc1n1c(Br)cnc21. The number of hydrogen-bond acceptors (Lipinski definition) is 3. The summed E-state index contributed by atoms with van der Waals surface area (Å²) in [6, 6.07) is 9.95. The quantitative estimate of drug-likeness (QED) is 0.499. The smallest absolute Gasteiger partial charge is 0.146 e. The molecule has 0 spiro atoms. The lowest BCUT2D eigenvalue weighted by Crippen LogP contribution is -1.94. The Bertz CT molecular complexity index is 961. The second kappa shape index (κ2) is 4.18. The summed E-state index contributed by atoms with van der Waals surface area (Å²) in [7, 11) is 1.67.